The predicted octanol–water partition coefficient (Wildman–Crippen LogP) is 5.47. The van der Waals surface area contributed by atoms with Gasteiger partial charge in [-0.2, -0.15) is 0 Å². The standard InChI is InChI=1S/C14H9Br2N3S/c15-10-3-1-9(2-4-10)13-18-19-14(20-13)17-12-7-5-11(16)6-8-12/h1-8H,(H,17,19). The van der Waals surface area contributed by atoms with Gasteiger partial charge in [0.15, 0.2) is 0 Å². The van der Waals surface area contributed by atoms with Crippen molar-refractivity contribution in [2.45, 2.75) is 0 Å². The number of hydrogen-bond donors (Lipinski definition) is 1. The third kappa shape index (κ3) is 3.26. The largest absolute Gasteiger partial charge is 0.330 e. The Labute approximate surface area is 137 Å². The highest BCUT2D eigenvalue weighted by Crippen LogP contribution is 2.29. The number of halogens is 2. The van der Waals surface area contributed by atoms with Crippen molar-refractivity contribution in [3.05, 3.63) is 57.5 Å². The Hall–Kier alpha value is -1.24. The monoisotopic (exact) mass is 409 g/mol. The molecule has 0 unspecified atom stereocenters. The summed E-state index contributed by atoms with van der Waals surface area (Å²) in [5.74, 6) is 0. The van der Waals surface area contributed by atoms with Gasteiger partial charge in [0.2, 0.25) is 5.13 Å². The van der Waals surface area contributed by atoms with Gasteiger partial charge in [0, 0.05) is 20.2 Å². The maximum atomic E-state index is 4.21. The molecular weight excluding hydrogens is 402 g/mol. The zero-order valence-electron chi connectivity index (χ0n) is 10.2. The van der Waals surface area contributed by atoms with E-state index in [2.05, 4.69) is 47.4 Å². The van der Waals surface area contributed by atoms with Gasteiger partial charge in [-0.1, -0.05) is 55.3 Å². The van der Waals surface area contributed by atoms with E-state index < -0.39 is 0 Å². The minimum atomic E-state index is 0.783. The third-order valence-corrected chi connectivity index (χ3v) is 4.56. The van der Waals surface area contributed by atoms with Crippen LogP contribution in [-0.4, -0.2) is 10.2 Å². The van der Waals surface area contributed by atoms with Crippen LogP contribution < -0.4 is 5.32 Å². The van der Waals surface area contributed by atoms with E-state index >= 15 is 0 Å². The Kier molecular flexibility index (Phi) is 4.14. The fraction of sp³-hybridized carbons (Fsp3) is 0. The van der Waals surface area contributed by atoms with Crippen LogP contribution in [0.25, 0.3) is 10.6 Å². The second-order valence-corrected chi connectivity index (χ2v) is 6.86. The Morgan fingerprint density at radius 2 is 1.40 bits per heavy atom. The van der Waals surface area contributed by atoms with E-state index in [0.717, 1.165) is 30.3 Å². The molecule has 1 aromatic heterocycles. The lowest BCUT2D eigenvalue weighted by atomic mass is 10.2. The van der Waals surface area contributed by atoms with Crippen molar-refractivity contribution in [1.29, 1.82) is 0 Å². The van der Waals surface area contributed by atoms with Crippen LogP contribution in [0.5, 0.6) is 0 Å². The highest BCUT2D eigenvalue weighted by molar-refractivity contribution is 9.10. The van der Waals surface area contributed by atoms with Gasteiger partial charge in [-0.15, -0.1) is 10.2 Å². The molecule has 0 amide bonds. The maximum absolute atomic E-state index is 4.21. The third-order valence-electron chi connectivity index (χ3n) is 2.61. The molecule has 20 heavy (non-hydrogen) atoms. The Balaban J connectivity index is 1.80. The minimum Gasteiger partial charge on any atom is -0.330 e. The van der Waals surface area contributed by atoms with Crippen LogP contribution in [0.15, 0.2) is 57.5 Å². The van der Waals surface area contributed by atoms with Crippen LogP contribution in [0.3, 0.4) is 0 Å². The molecule has 3 rings (SSSR count). The van der Waals surface area contributed by atoms with Crippen LogP contribution in [0.2, 0.25) is 0 Å². The zero-order valence-corrected chi connectivity index (χ0v) is 14.2. The van der Waals surface area contributed by atoms with E-state index in [1.165, 1.54) is 11.3 Å². The van der Waals surface area contributed by atoms with E-state index in [1.807, 2.05) is 48.5 Å². The van der Waals surface area contributed by atoms with E-state index in [9.17, 15) is 0 Å². The van der Waals surface area contributed by atoms with Gasteiger partial charge < -0.3 is 5.32 Å². The molecule has 1 heterocycles. The van der Waals surface area contributed by atoms with Crippen molar-refractivity contribution in [2.24, 2.45) is 0 Å². The maximum Gasteiger partial charge on any atom is 0.210 e. The normalized spacial score (nSPS) is 10.5. The summed E-state index contributed by atoms with van der Waals surface area (Å²) in [6.45, 7) is 0. The van der Waals surface area contributed by atoms with Gasteiger partial charge in [-0.25, -0.2) is 0 Å². The quantitative estimate of drug-likeness (QED) is 0.621. The van der Waals surface area contributed by atoms with Gasteiger partial charge in [-0.3, -0.25) is 0 Å². The average molecular weight is 411 g/mol. The van der Waals surface area contributed by atoms with Crippen LogP contribution in [0, 0.1) is 0 Å². The molecule has 3 aromatic rings. The van der Waals surface area contributed by atoms with E-state index in [1.54, 1.807) is 0 Å². The molecule has 0 aliphatic carbocycles. The summed E-state index contributed by atoms with van der Waals surface area (Å²) in [5, 5.41) is 13.3. The van der Waals surface area contributed by atoms with E-state index in [-0.39, 0.29) is 0 Å². The first-order valence-electron chi connectivity index (χ1n) is 5.83. The Bertz CT molecular complexity index is 708. The fourth-order valence-corrected chi connectivity index (χ4v) is 2.94. The zero-order chi connectivity index (χ0) is 13.9. The van der Waals surface area contributed by atoms with Crippen LogP contribution in [0.4, 0.5) is 10.8 Å². The summed E-state index contributed by atoms with van der Waals surface area (Å²) in [7, 11) is 0. The van der Waals surface area contributed by atoms with Crippen LogP contribution in [0.1, 0.15) is 0 Å². The lowest BCUT2D eigenvalue weighted by Gasteiger charge is -2.00. The molecule has 3 nitrogen and oxygen atoms in total. The number of aromatic nitrogens is 2. The minimum absolute atomic E-state index is 0.783. The summed E-state index contributed by atoms with van der Waals surface area (Å²) in [6, 6.07) is 16.0. The molecule has 0 atom stereocenters. The second-order valence-electron chi connectivity index (χ2n) is 4.05. The fourth-order valence-electron chi connectivity index (χ4n) is 1.64. The lowest BCUT2D eigenvalue weighted by Crippen LogP contribution is -1.88. The van der Waals surface area contributed by atoms with Crippen molar-refractivity contribution in [3.63, 3.8) is 0 Å². The van der Waals surface area contributed by atoms with Gasteiger partial charge in [0.25, 0.3) is 0 Å². The summed E-state index contributed by atoms with van der Waals surface area (Å²) in [5.41, 5.74) is 2.06. The van der Waals surface area contributed by atoms with Gasteiger partial charge in [0.05, 0.1) is 0 Å². The predicted molar refractivity (Wildman–Crippen MR) is 90.5 cm³/mol. The lowest BCUT2D eigenvalue weighted by molar-refractivity contribution is 1.10. The van der Waals surface area contributed by atoms with Gasteiger partial charge >= 0.3 is 0 Å². The van der Waals surface area contributed by atoms with Gasteiger partial charge in [-0.05, 0) is 36.4 Å². The molecular formula is C14H9Br2N3S. The highest BCUT2D eigenvalue weighted by Gasteiger charge is 2.06. The number of hydrogen-bond acceptors (Lipinski definition) is 4. The Morgan fingerprint density at radius 1 is 0.800 bits per heavy atom. The van der Waals surface area contributed by atoms with E-state index in [4.69, 9.17) is 0 Å². The average Bonchev–Trinajstić information content (AvgIpc) is 2.91. The van der Waals surface area contributed by atoms with Gasteiger partial charge in [0.1, 0.15) is 5.01 Å². The smallest absolute Gasteiger partial charge is 0.210 e. The molecule has 0 fully saturated rings. The van der Waals surface area contributed by atoms with Crippen molar-refractivity contribution >= 4 is 54.0 Å². The SMILES string of the molecule is Brc1ccc(Nc2nnc(-c3ccc(Br)cc3)s2)cc1. The first-order chi connectivity index (χ1) is 9.70. The summed E-state index contributed by atoms with van der Waals surface area (Å²) in [4.78, 5) is 0. The molecule has 0 saturated heterocycles. The van der Waals surface area contributed by atoms with E-state index in [0.29, 0.717) is 0 Å². The van der Waals surface area contributed by atoms with Crippen LogP contribution in [-0.2, 0) is 0 Å². The first kappa shape index (κ1) is 13.7. The molecule has 0 spiro atoms. The molecule has 6 heteroatoms. The number of anilines is 2. The number of benzene rings is 2. The molecule has 0 aliphatic heterocycles. The van der Waals surface area contributed by atoms with Crippen LogP contribution >= 0.6 is 43.2 Å². The highest BCUT2D eigenvalue weighted by atomic mass is 79.9. The molecule has 0 radical (unpaired) electrons. The van der Waals surface area contributed by atoms with Crippen molar-refractivity contribution in [1.82, 2.24) is 10.2 Å². The molecule has 0 bridgehead atoms. The summed E-state index contributed by atoms with van der Waals surface area (Å²) in [6.07, 6.45) is 0. The first-order valence-corrected chi connectivity index (χ1v) is 8.23. The van der Waals surface area contributed by atoms with Crippen molar-refractivity contribution in [2.75, 3.05) is 5.32 Å². The van der Waals surface area contributed by atoms with Crippen molar-refractivity contribution in [3.8, 4) is 10.6 Å². The number of nitrogens with one attached hydrogen (secondary N) is 1. The summed E-state index contributed by atoms with van der Waals surface area (Å²) >= 11 is 8.37. The molecule has 0 aliphatic rings. The van der Waals surface area contributed by atoms with Crippen molar-refractivity contribution < 1.29 is 0 Å². The molecule has 1 N–H and O–H groups in total. The molecule has 0 saturated carbocycles. The number of rotatable bonds is 3. The topological polar surface area (TPSA) is 37.8 Å². The summed E-state index contributed by atoms with van der Waals surface area (Å²) < 4.78 is 2.11. The molecule has 100 valence electrons. The Morgan fingerprint density at radius 3 is 2.05 bits per heavy atom. The molecule has 2 aromatic carbocycles. The number of nitrogens with zero attached hydrogens (tertiary/aromatic N) is 2. The second kappa shape index (κ2) is 6.03.